The van der Waals surface area contributed by atoms with Gasteiger partial charge in [0, 0.05) is 13.1 Å². The third-order valence-corrected chi connectivity index (χ3v) is 2.61. The summed E-state index contributed by atoms with van der Waals surface area (Å²) >= 11 is 5.59. The van der Waals surface area contributed by atoms with Crippen LogP contribution in [0.25, 0.3) is 0 Å². The van der Waals surface area contributed by atoms with E-state index in [1.165, 1.54) is 12.4 Å². The van der Waals surface area contributed by atoms with E-state index in [2.05, 4.69) is 9.97 Å². The van der Waals surface area contributed by atoms with E-state index >= 15 is 0 Å². The van der Waals surface area contributed by atoms with E-state index in [0.717, 1.165) is 6.42 Å². The van der Waals surface area contributed by atoms with Gasteiger partial charge in [-0.05, 0) is 13.3 Å². The summed E-state index contributed by atoms with van der Waals surface area (Å²) in [7, 11) is 1.76. The van der Waals surface area contributed by atoms with Crippen molar-refractivity contribution in [3.8, 4) is 0 Å². The molecule has 0 radical (unpaired) electrons. The van der Waals surface area contributed by atoms with Crippen molar-refractivity contribution in [2.75, 3.05) is 7.05 Å². The number of carbonyl (C=O) groups excluding carboxylic acids is 1. The fraction of sp³-hybridized carbons (Fsp3) is 0.500. The van der Waals surface area contributed by atoms with E-state index in [0.29, 0.717) is 5.69 Å². The topological polar surface area (TPSA) is 46.1 Å². The highest BCUT2D eigenvalue weighted by molar-refractivity contribution is 6.29. The highest BCUT2D eigenvalue weighted by Crippen LogP contribution is 2.07. The quantitative estimate of drug-likeness (QED) is 0.794. The monoisotopic (exact) mass is 227 g/mol. The lowest BCUT2D eigenvalue weighted by Crippen LogP contribution is -2.35. The number of rotatable bonds is 3. The van der Waals surface area contributed by atoms with Gasteiger partial charge in [-0.25, -0.2) is 9.97 Å². The Morgan fingerprint density at radius 2 is 2.20 bits per heavy atom. The van der Waals surface area contributed by atoms with Crippen LogP contribution in [0.4, 0.5) is 0 Å². The minimum atomic E-state index is -0.131. The fourth-order valence-electron chi connectivity index (χ4n) is 1.08. The molecular formula is C10H14ClN3O. The van der Waals surface area contributed by atoms with Gasteiger partial charge < -0.3 is 4.90 Å². The largest absolute Gasteiger partial charge is 0.338 e. The first-order valence-corrected chi connectivity index (χ1v) is 5.18. The second-order valence-corrected chi connectivity index (χ2v) is 3.78. The van der Waals surface area contributed by atoms with Gasteiger partial charge in [-0.1, -0.05) is 18.5 Å². The van der Waals surface area contributed by atoms with Gasteiger partial charge in [-0.2, -0.15) is 0 Å². The minimum absolute atomic E-state index is 0.131. The van der Waals surface area contributed by atoms with Gasteiger partial charge in [0.2, 0.25) is 0 Å². The highest BCUT2D eigenvalue weighted by Gasteiger charge is 2.17. The van der Waals surface area contributed by atoms with Crippen LogP contribution in [-0.4, -0.2) is 33.9 Å². The summed E-state index contributed by atoms with van der Waals surface area (Å²) in [4.78, 5) is 21.2. The van der Waals surface area contributed by atoms with E-state index in [4.69, 9.17) is 11.6 Å². The Hall–Kier alpha value is -1.16. The number of hydrogen-bond donors (Lipinski definition) is 0. The van der Waals surface area contributed by atoms with Crippen molar-refractivity contribution in [3.05, 3.63) is 23.2 Å². The molecule has 0 N–H and O–H groups in total. The number of halogens is 1. The normalized spacial score (nSPS) is 12.3. The molecule has 1 unspecified atom stereocenters. The second-order valence-electron chi connectivity index (χ2n) is 3.40. The Kier molecular flexibility index (Phi) is 4.03. The van der Waals surface area contributed by atoms with Gasteiger partial charge >= 0.3 is 0 Å². The summed E-state index contributed by atoms with van der Waals surface area (Å²) < 4.78 is 0. The number of carbonyl (C=O) groups is 1. The molecular weight excluding hydrogens is 214 g/mol. The van der Waals surface area contributed by atoms with Gasteiger partial charge in [0.1, 0.15) is 10.8 Å². The van der Waals surface area contributed by atoms with E-state index in [-0.39, 0.29) is 17.1 Å². The molecule has 0 bridgehead atoms. The van der Waals surface area contributed by atoms with Crippen LogP contribution in [0, 0.1) is 0 Å². The van der Waals surface area contributed by atoms with Gasteiger partial charge in [-0.3, -0.25) is 4.79 Å². The molecule has 0 aliphatic heterocycles. The summed E-state index contributed by atoms with van der Waals surface area (Å²) in [5.74, 6) is -0.131. The molecule has 1 heterocycles. The first kappa shape index (κ1) is 11.9. The summed E-state index contributed by atoms with van der Waals surface area (Å²) in [5.41, 5.74) is 0.321. The van der Waals surface area contributed by atoms with Gasteiger partial charge in [0.15, 0.2) is 0 Å². The SMILES string of the molecule is CCC(C)N(C)C(=O)c1cnc(Cl)cn1. The fourth-order valence-corrected chi connectivity index (χ4v) is 1.18. The van der Waals surface area contributed by atoms with Crippen LogP contribution in [0.15, 0.2) is 12.4 Å². The smallest absolute Gasteiger partial charge is 0.274 e. The number of hydrogen-bond acceptors (Lipinski definition) is 3. The standard InChI is InChI=1S/C10H14ClN3O/c1-4-7(2)14(3)10(15)8-5-13-9(11)6-12-8/h5-7H,4H2,1-3H3. The van der Waals surface area contributed by atoms with Crippen LogP contribution in [0.3, 0.4) is 0 Å². The Labute approximate surface area is 94.3 Å². The zero-order valence-corrected chi connectivity index (χ0v) is 9.82. The predicted octanol–water partition coefficient (Wildman–Crippen LogP) is 2.00. The van der Waals surface area contributed by atoms with Crippen molar-refractivity contribution in [3.63, 3.8) is 0 Å². The van der Waals surface area contributed by atoms with Crippen molar-refractivity contribution in [2.24, 2.45) is 0 Å². The number of nitrogens with zero attached hydrogens (tertiary/aromatic N) is 3. The molecule has 1 aromatic rings. The lowest BCUT2D eigenvalue weighted by Gasteiger charge is -2.23. The molecule has 0 saturated heterocycles. The number of aromatic nitrogens is 2. The van der Waals surface area contributed by atoms with Crippen molar-refractivity contribution >= 4 is 17.5 Å². The molecule has 0 aromatic carbocycles. The summed E-state index contributed by atoms with van der Waals surface area (Å²) in [5, 5.41) is 0.290. The summed E-state index contributed by atoms with van der Waals surface area (Å²) in [6.07, 6.45) is 3.67. The van der Waals surface area contributed by atoms with Crippen LogP contribution in [-0.2, 0) is 0 Å². The van der Waals surface area contributed by atoms with Crippen LogP contribution in [0.2, 0.25) is 5.15 Å². The van der Waals surface area contributed by atoms with Gasteiger partial charge in [-0.15, -0.1) is 0 Å². The molecule has 1 amide bonds. The van der Waals surface area contributed by atoms with Gasteiger partial charge in [0.05, 0.1) is 12.4 Å². The average molecular weight is 228 g/mol. The van der Waals surface area contributed by atoms with Crippen LogP contribution in [0.5, 0.6) is 0 Å². The Balaban J connectivity index is 2.80. The summed E-state index contributed by atoms with van der Waals surface area (Å²) in [6.45, 7) is 4.02. The molecule has 0 aliphatic rings. The van der Waals surface area contributed by atoms with Crippen molar-refractivity contribution < 1.29 is 4.79 Å². The highest BCUT2D eigenvalue weighted by atomic mass is 35.5. The molecule has 15 heavy (non-hydrogen) atoms. The minimum Gasteiger partial charge on any atom is -0.338 e. The zero-order valence-electron chi connectivity index (χ0n) is 9.07. The lowest BCUT2D eigenvalue weighted by molar-refractivity contribution is 0.0734. The van der Waals surface area contributed by atoms with E-state index < -0.39 is 0 Å². The third kappa shape index (κ3) is 2.89. The van der Waals surface area contributed by atoms with Crippen LogP contribution >= 0.6 is 11.6 Å². The maximum absolute atomic E-state index is 11.8. The Morgan fingerprint density at radius 3 is 2.67 bits per heavy atom. The Morgan fingerprint density at radius 1 is 1.53 bits per heavy atom. The van der Waals surface area contributed by atoms with Crippen molar-refractivity contribution in [1.29, 1.82) is 0 Å². The van der Waals surface area contributed by atoms with E-state index in [1.807, 2.05) is 13.8 Å². The maximum atomic E-state index is 11.8. The van der Waals surface area contributed by atoms with E-state index in [9.17, 15) is 4.79 Å². The molecule has 0 spiro atoms. The molecule has 82 valence electrons. The zero-order chi connectivity index (χ0) is 11.4. The molecule has 1 aromatic heterocycles. The molecule has 1 atom stereocenters. The molecule has 0 fully saturated rings. The Bertz CT molecular complexity index is 339. The maximum Gasteiger partial charge on any atom is 0.274 e. The van der Waals surface area contributed by atoms with Crippen LogP contribution < -0.4 is 0 Å². The first-order chi connectivity index (χ1) is 7.06. The first-order valence-electron chi connectivity index (χ1n) is 4.81. The molecule has 4 nitrogen and oxygen atoms in total. The van der Waals surface area contributed by atoms with E-state index in [1.54, 1.807) is 11.9 Å². The third-order valence-electron chi connectivity index (χ3n) is 2.41. The molecule has 0 aliphatic carbocycles. The molecule has 0 saturated carbocycles. The second kappa shape index (κ2) is 5.07. The average Bonchev–Trinajstić information content (AvgIpc) is 2.27. The van der Waals surface area contributed by atoms with Crippen molar-refractivity contribution in [2.45, 2.75) is 26.3 Å². The lowest BCUT2D eigenvalue weighted by atomic mass is 10.2. The molecule has 5 heteroatoms. The van der Waals surface area contributed by atoms with Gasteiger partial charge in [0.25, 0.3) is 5.91 Å². The van der Waals surface area contributed by atoms with Crippen LogP contribution in [0.1, 0.15) is 30.8 Å². The van der Waals surface area contributed by atoms with Crippen molar-refractivity contribution in [1.82, 2.24) is 14.9 Å². The summed E-state index contributed by atoms with van der Waals surface area (Å²) in [6, 6.07) is 0.190. The number of amides is 1. The predicted molar refractivity (Wildman–Crippen MR) is 58.9 cm³/mol. The molecule has 1 rings (SSSR count).